The quantitative estimate of drug-likeness (QED) is 0.839. The Hall–Kier alpha value is -2.14. The minimum atomic E-state index is -1.01. The smallest absolute Gasteiger partial charge is 0.258 e. The molecule has 0 aliphatic rings. The van der Waals surface area contributed by atoms with Crippen LogP contribution in [0.5, 0.6) is 5.75 Å². The van der Waals surface area contributed by atoms with Gasteiger partial charge in [-0.2, -0.15) is 0 Å². The van der Waals surface area contributed by atoms with Gasteiger partial charge in [-0.05, 0) is 36.6 Å². The number of nitrogens with one attached hydrogen (secondary N) is 1. The molecule has 2 aromatic carbocycles. The summed E-state index contributed by atoms with van der Waals surface area (Å²) in [6, 6.07) is 15.2. The Bertz CT molecular complexity index is 716. The molecule has 0 saturated carbocycles. The van der Waals surface area contributed by atoms with Crippen LogP contribution in [-0.4, -0.2) is 28.7 Å². The first kappa shape index (κ1) is 18.2. The van der Waals surface area contributed by atoms with Crippen molar-refractivity contribution in [1.82, 2.24) is 5.32 Å². The lowest BCUT2D eigenvalue weighted by Gasteiger charge is -2.18. The van der Waals surface area contributed by atoms with Gasteiger partial charge in [0.15, 0.2) is 6.61 Å². The van der Waals surface area contributed by atoms with E-state index in [-0.39, 0.29) is 18.6 Å². The summed E-state index contributed by atoms with van der Waals surface area (Å²) in [5.41, 5.74) is 3.01. The van der Waals surface area contributed by atoms with Gasteiger partial charge in [-0.15, -0.1) is 0 Å². The third kappa shape index (κ3) is 5.49. The zero-order chi connectivity index (χ0) is 17.5. The topological polar surface area (TPSA) is 55.4 Å². The zero-order valence-electron chi connectivity index (χ0n) is 14.2. The van der Waals surface area contributed by atoms with E-state index in [2.05, 4.69) is 5.32 Å². The van der Waals surface area contributed by atoms with Crippen LogP contribution in [0.3, 0.4) is 0 Å². The van der Waals surface area contributed by atoms with Crippen LogP contribution in [0.4, 0.5) is 0 Å². The zero-order valence-corrected chi connectivity index (χ0v) is 15.1. The van der Waals surface area contributed by atoms with Crippen LogP contribution < -0.4 is 10.1 Å². The highest BCUT2D eigenvalue weighted by atomic mass is 32.2. The molecule has 1 N–H and O–H groups in total. The predicted octanol–water partition coefficient (Wildman–Crippen LogP) is 2.92. The van der Waals surface area contributed by atoms with Crippen molar-refractivity contribution < 1.29 is 13.7 Å². The lowest BCUT2D eigenvalue weighted by Crippen LogP contribution is -2.35. The maximum atomic E-state index is 12.2. The van der Waals surface area contributed by atoms with E-state index >= 15 is 0 Å². The van der Waals surface area contributed by atoms with Crippen LogP contribution in [0.25, 0.3) is 0 Å². The van der Waals surface area contributed by atoms with Gasteiger partial charge in [-0.1, -0.05) is 42.5 Å². The van der Waals surface area contributed by atoms with E-state index in [9.17, 15) is 9.00 Å². The first-order valence-corrected chi connectivity index (χ1v) is 9.53. The number of carbonyl (C=O) groups excluding carboxylic acids is 1. The fourth-order valence-electron chi connectivity index (χ4n) is 2.38. The van der Waals surface area contributed by atoms with E-state index in [1.165, 1.54) is 0 Å². The number of carbonyl (C=O) groups is 1. The van der Waals surface area contributed by atoms with Crippen molar-refractivity contribution in [2.45, 2.75) is 19.9 Å². The minimum Gasteiger partial charge on any atom is -0.483 e. The van der Waals surface area contributed by atoms with Crippen LogP contribution in [0, 0.1) is 13.8 Å². The van der Waals surface area contributed by atoms with E-state index in [1.807, 2.05) is 62.4 Å². The molecule has 24 heavy (non-hydrogen) atoms. The van der Waals surface area contributed by atoms with Gasteiger partial charge in [-0.25, -0.2) is 0 Å². The second-order valence-electron chi connectivity index (χ2n) is 5.83. The summed E-state index contributed by atoms with van der Waals surface area (Å²) in [5.74, 6) is 0.856. The number of rotatable bonds is 7. The van der Waals surface area contributed by atoms with Crippen molar-refractivity contribution >= 4 is 16.7 Å². The number of aryl methyl sites for hydroxylation is 2. The normalized spacial score (nSPS) is 13.1. The second kappa shape index (κ2) is 8.64. The number of hydrogen-bond donors (Lipinski definition) is 1. The highest BCUT2D eigenvalue weighted by molar-refractivity contribution is 7.84. The molecule has 0 spiro atoms. The Morgan fingerprint density at radius 3 is 2.54 bits per heavy atom. The predicted molar refractivity (Wildman–Crippen MR) is 97.7 cm³/mol. The molecule has 128 valence electrons. The van der Waals surface area contributed by atoms with Crippen molar-refractivity contribution in [2.75, 3.05) is 18.6 Å². The summed E-state index contributed by atoms with van der Waals surface area (Å²) in [6.07, 6.45) is 1.63. The summed E-state index contributed by atoms with van der Waals surface area (Å²) in [6.45, 7) is 3.86. The molecule has 2 rings (SSSR count). The van der Waals surface area contributed by atoms with Gasteiger partial charge in [0.1, 0.15) is 5.75 Å². The lowest BCUT2D eigenvalue weighted by molar-refractivity contribution is -0.123. The summed E-state index contributed by atoms with van der Waals surface area (Å²) >= 11 is 0. The number of hydrogen-bond acceptors (Lipinski definition) is 3. The Morgan fingerprint density at radius 2 is 1.88 bits per heavy atom. The third-order valence-corrected chi connectivity index (χ3v) is 4.44. The SMILES string of the molecule is Cc1ccc(C)c(OCC(=O)N[C@H](C[S@](C)=O)c2ccccc2)c1. The van der Waals surface area contributed by atoms with Crippen molar-refractivity contribution in [2.24, 2.45) is 0 Å². The van der Waals surface area contributed by atoms with Gasteiger partial charge >= 0.3 is 0 Å². The van der Waals surface area contributed by atoms with E-state index in [4.69, 9.17) is 4.74 Å². The van der Waals surface area contributed by atoms with E-state index in [1.54, 1.807) is 6.26 Å². The molecule has 0 unspecified atom stereocenters. The number of benzene rings is 2. The van der Waals surface area contributed by atoms with Gasteiger partial charge in [0.2, 0.25) is 0 Å². The molecule has 0 heterocycles. The van der Waals surface area contributed by atoms with Gasteiger partial charge in [-0.3, -0.25) is 9.00 Å². The summed E-state index contributed by atoms with van der Waals surface area (Å²) in [5, 5.41) is 2.91. The van der Waals surface area contributed by atoms with Gasteiger partial charge in [0, 0.05) is 22.8 Å². The Balaban J connectivity index is 2.00. The molecule has 0 radical (unpaired) electrons. The molecule has 0 saturated heterocycles. The second-order valence-corrected chi connectivity index (χ2v) is 7.31. The fraction of sp³-hybridized carbons (Fsp3) is 0.316. The molecule has 1 amide bonds. The van der Waals surface area contributed by atoms with E-state index in [0.29, 0.717) is 11.5 Å². The van der Waals surface area contributed by atoms with Crippen molar-refractivity contribution in [3.63, 3.8) is 0 Å². The maximum Gasteiger partial charge on any atom is 0.258 e. The maximum absolute atomic E-state index is 12.2. The molecule has 0 aliphatic carbocycles. The summed E-state index contributed by atoms with van der Waals surface area (Å²) < 4.78 is 17.2. The fourth-order valence-corrected chi connectivity index (χ4v) is 3.13. The van der Waals surface area contributed by atoms with Crippen LogP contribution >= 0.6 is 0 Å². The number of ether oxygens (including phenoxy) is 1. The van der Waals surface area contributed by atoms with E-state index in [0.717, 1.165) is 16.7 Å². The van der Waals surface area contributed by atoms with Gasteiger partial charge in [0.25, 0.3) is 5.91 Å². The highest BCUT2D eigenvalue weighted by Crippen LogP contribution is 2.19. The largest absolute Gasteiger partial charge is 0.483 e. The van der Waals surface area contributed by atoms with Crippen LogP contribution in [-0.2, 0) is 15.6 Å². The monoisotopic (exact) mass is 345 g/mol. The van der Waals surface area contributed by atoms with Crippen LogP contribution in [0.2, 0.25) is 0 Å². The first-order valence-electron chi connectivity index (χ1n) is 7.80. The summed E-state index contributed by atoms with van der Waals surface area (Å²) in [4.78, 5) is 12.2. The average Bonchev–Trinajstić information content (AvgIpc) is 2.55. The van der Waals surface area contributed by atoms with Crippen molar-refractivity contribution in [3.05, 3.63) is 65.2 Å². The first-order chi connectivity index (χ1) is 11.5. The van der Waals surface area contributed by atoms with Crippen molar-refractivity contribution in [1.29, 1.82) is 0 Å². The standard InChI is InChI=1S/C19H23NO3S/c1-14-9-10-15(2)18(11-14)23-12-19(21)20-17(13-24(3)22)16-7-5-4-6-8-16/h4-11,17H,12-13H2,1-3H3,(H,20,21)/t17-,24+/m1/s1. The average molecular weight is 345 g/mol. The van der Waals surface area contributed by atoms with Crippen molar-refractivity contribution in [3.8, 4) is 5.75 Å². The highest BCUT2D eigenvalue weighted by Gasteiger charge is 2.16. The molecule has 4 nitrogen and oxygen atoms in total. The molecule has 0 aromatic heterocycles. The molecule has 0 bridgehead atoms. The van der Waals surface area contributed by atoms with Gasteiger partial charge in [0.05, 0.1) is 6.04 Å². The number of amides is 1. The molecular formula is C19H23NO3S. The molecule has 5 heteroatoms. The Morgan fingerprint density at radius 1 is 1.17 bits per heavy atom. The lowest BCUT2D eigenvalue weighted by atomic mass is 10.1. The van der Waals surface area contributed by atoms with Crippen LogP contribution in [0.1, 0.15) is 22.7 Å². The Labute approximate surface area is 145 Å². The van der Waals surface area contributed by atoms with E-state index < -0.39 is 10.8 Å². The molecule has 0 aliphatic heterocycles. The molecular weight excluding hydrogens is 322 g/mol. The van der Waals surface area contributed by atoms with Gasteiger partial charge < -0.3 is 10.1 Å². The third-order valence-electron chi connectivity index (χ3n) is 3.64. The molecule has 2 aromatic rings. The minimum absolute atomic E-state index is 0.0655. The summed E-state index contributed by atoms with van der Waals surface area (Å²) in [7, 11) is -1.01. The Kier molecular flexibility index (Phi) is 6.55. The molecule has 0 fully saturated rings. The van der Waals surface area contributed by atoms with Crippen LogP contribution in [0.15, 0.2) is 48.5 Å². The molecule has 2 atom stereocenters.